The predicted octanol–water partition coefficient (Wildman–Crippen LogP) is 1.24. The molecule has 1 N–H and O–H groups in total. The monoisotopic (exact) mass is 212 g/mol. The van der Waals surface area contributed by atoms with Crippen molar-refractivity contribution in [2.24, 2.45) is 0 Å². The standard InChI is InChI=1S/C12H24N2O/c1-2-15-12-5-8-14(9-6-12)10-11-4-3-7-13-11/h11-13H,2-10H2,1H3/t11-/m1/s1. The van der Waals surface area contributed by atoms with Crippen LogP contribution in [0.15, 0.2) is 0 Å². The Balaban J connectivity index is 1.64. The van der Waals surface area contributed by atoms with Gasteiger partial charge in [0.1, 0.15) is 0 Å². The van der Waals surface area contributed by atoms with Crippen molar-refractivity contribution in [3.63, 3.8) is 0 Å². The summed E-state index contributed by atoms with van der Waals surface area (Å²) in [5.41, 5.74) is 0. The van der Waals surface area contributed by atoms with Gasteiger partial charge in [-0.25, -0.2) is 0 Å². The molecule has 0 spiro atoms. The Morgan fingerprint density at radius 1 is 1.27 bits per heavy atom. The van der Waals surface area contributed by atoms with Crippen molar-refractivity contribution in [3.8, 4) is 0 Å². The number of nitrogens with one attached hydrogen (secondary N) is 1. The van der Waals surface area contributed by atoms with Crippen molar-refractivity contribution in [1.82, 2.24) is 10.2 Å². The first-order valence-electron chi connectivity index (χ1n) is 6.46. The first-order chi connectivity index (χ1) is 7.38. The van der Waals surface area contributed by atoms with Crippen LogP contribution in [-0.4, -0.2) is 49.8 Å². The quantitative estimate of drug-likeness (QED) is 0.759. The molecule has 15 heavy (non-hydrogen) atoms. The van der Waals surface area contributed by atoms with Crippen LogP contribution in [0.4, 0.5) is 0 Å². The number of piperidine rings is 1. The molecule has 0 unspecified atom stereocenters. The molecule has 0 amide bonds. The maximum atomic E-state index is 5.66. The highest BCUT2D eigenvalue weighted by molar-refractivity contribution is 4.80. The zero-order chi connectivity index (χ0) is 10.5. The largest absolute Gasteiger partial charge is 0.378 e. The molecule has 0 radical (unpaired) electrons. The van der Waals surface area contributed by atoms with Gasteiger partial charge in [-0.2, -0.15) is 0 Å². The first kappa shape index (κ1) is 11.4. The van der Waals surface area contributed by atoms with E-state index in [1.54, 1.807) is 0 Å². The predicted molar refractivity (Wildman–Crippen MR) is 62.1 cm³/mol. The van der Waals surface area contributed by atoms with Gasteiger partial charge >= 0.3 is 0 Å². The summed E-state index contributed by atoms with van der Waals surface area (Å²) in [4.78, 5) is 2.60. The highest BCUT2D eigenvalue weighted by Gasteiger charge is 2.22. The molecule has 1 atom stereocenters. The van der Waals surface area contributed by atoms with Crippen LogP contribution in [0, 0.1) is 0 Å². The third kappa shape index (κ3) is 3.44. The van der Waals surface area contributed by atoms with Crippen LogP contribution in [0.2, 0.25) is 0 Å². The fraction of sp³-hybridized carbons (Fsp3) is 1.00. The molecule has 0 bridgehead atoms. The highest BCUT2D eigenvalue weighted by atomic mass is 16.5. The van der Waals surface area contributed by atoms with Gasteiger partial charge < -0.3 is 15.0 Å². The van der Waals surface area contributed by atoms with Crippen molar-refractivity contribution in [3.05, 3.63) is 0 Å². The van der Waals surface area contributed by atoms with Crippen LogP contribution >= 0.6 is 0 Å². The summed E-state index contributed by atoms with van der Waals surface area (Å²) in [6.07, 6.45) is 5.70. The maximum absolute atomic E-state index is 5.66. The van der Waals surface area contributed by atoms with E-state index in [-0.39, 0.29) is 0 Å². The number of ether oxygens (including phenoxy) is 1. The van der Waals surface area contributed by atoms with Gasteiger partial charge in [0.05, 0.1) is 6.10 Å². The lowest BCUT2D eigenvalue weighted by atomic mass is 10.1. The normalized spacial score (nSPS) is 29.8. The first-order valence-corrected chi connectivity index (χ1v) is 6.46. The van der Waals surface area contributed by atoms with Gasteiger partial charge in [-0.3, -0.25) is 0 Å². The van der Waals surface area contributed by atoms with Crippen LogP contribution in [0.1, 0.15) is 32.6 Å². The molecule has 2 aliphatic rings. The molecule has 3 heteroatoms. The Hall–Kier alpha value is -0.120. The Morgan fingerprint density at radius 2 is 2.07 bits per heavy atom. The summed E-state index contributed by atoms with van der Waals surface area (Å²) in [6.45, 7) is 7.88. The molecular formula is C12H24N2O. The lowest BCUT2D eigenvalue weighted by molar-refractivity contribution is 0.0128. The Labute approximate surface area is 93.2 Å². The summed E-state index contributed by atoms with van der Waals surface area (Å²) in [6, 6.07) is 0.758. The summed E-state index contributed by atoms with van der Waals surface area (Å²) < 4.78 is 5.66. The van der Waals surface area contributed by atoms with E-state index in [1.807, 2.05) is 0 Å². The average Bonchev–Trinajstić information content (AvgIpc) is 2.74. The molecule has 2 rings (SSSR count). The fourth-order valence-electron chi connectivity index (χ4n) is 2.72. The van der Waals surface area contributed by atoms with E-state index in [9.17, 15) is 0 Å². The van der Waals surface area contributed by atoms with E-state index in [0.29, 0.717) is 6.10 Å². The molecule has 0 aromatic carbocycles. The minimum Gasteiger partial charge on any atom is -0.378 e. The van der Waals surface area contributed by atoms with E-state index < -0.39 is 0 Å². The minimum absolute atomic E-state index is 0.530. The Kier molecular flexibility index (Phi) is 4.42. The third-order valence-electron chi connectivity index (χ3n) is 3.58. The summed E-state index contributed by atoms with van der Waals surface area (Å²) in [7, 11) is 0. The van der Waals surface area contributed by atoms with Crippen LogP contribution in [0.5, 0.6) is 0 Å². The van der Waals surface area contributed by atoms with Gasteiger partial charge in [0.2, 0.25) is 0 Å². The second kappa shape index (κ2) is 5.83. The number of nitrogens with zero attached hydrogens (tertiary/aromatic N) is 1. The number of likely N-dealkylation sites (tertiary alicyclic amines) is 1. The van der Waals surface area contributed by atoms with E-state index in [0.717, 1.165) is 12.6 Å². The van der Waals surface area contributed by atoms with E-state index in [4.69, 9.17) is 4.74 Å². The average molecular weight is 212 g/mol. The summed E-state index contributed by atoms with van der Waals surface area (Å²) >= 11 is 0. The van der Waals surface area contributed by atoms with Gasteiger partial charge in [0.25, 0.3) is 0 Å². The number of hydrogen-bond donors (Lipinski definition) is 1. The molecule has 88 valence electrons. The topological polar surface area (TPSA) is 24.5 Å². The van der Waals surface area contributed by atoms with Crippen molar-refractivity contribution in [2.75, 3.05) is 32.8 Å². The molecule has 0 saturated carbocycles. The molecule has 2 aliphatic heterocycles. The van der Waals surface area contributed by atoms with E-state index in [1.165, 1.54) is 51.9 Å². The molecule has 0 aromatic heterocycles. The highest BCUT2D eigenvalue weighted by Crippen LogP contribution is 2.15. The van der Waals surface area contributed by atoms with E-state index in [2.05, 4.69) is 17.1 Å². The lowest BCUT2D eigenvalue weighted by Crippen LogP contribution is -2.43. The molecule has 0 aliphatic carbocycles. The molecular weight excluding hydrogens is 188 g/mol. The molecule has 2 heterocycles. The van der Waals surface area contributed by atoms with Gasteiger partial charge in [-0.05, 0) is 39.2 Å². The number of rotatable bonds is 4. The van der Waals surface area contributed by atoms with Gasteiger partial charge in [0, 0.05) is 32.3 Å². The lowest BCUT2D eigenvalue weighted by Gasteiger charge is -2.33. The third-order valence-corrected chi connectivity index (χ3v) is 3.58. The van der Waals surface area contributed by atoms with Crippen molar-refractivity contribution < 1.29 is 4.74 Å². The minimum atomic E-state index is 0.530. The molecule has 0 aromatic rings. The molecule has 3 nitrogen and oxygen atoms in total. The van der Waals surface area contributed by atoms with Crippen molar-refractivity contribution in [1.29, 1.82) is 0 Å². The SMILES string of the molecule is CCOC1CCN(C[C@H]2CCCN2)CC1. The van der Waals surface area contributed by atoms with Gasteiger partial charge in [-0.15, -0.1) is 0 Å². The fourth-order valence-corrected chi connectivity index (χ4v) is 2.72. The second-order valence-electron chi connectivity index (χ2n) is 4.75. The maximum Gasteiger partial charge on any atom is 0.0599 e. The van der Waals surface area contributed by atoms with Crippen molar-refractivity contribution in [2.45, 2.75) is 44.8 Å². The second-order valence-corrected chi connectivity index (χ2v) is 4.75. The van der Waals surface area contributed by atoms with Crippen LogP contribution in [0.3, 0.4) is 0 Å². The zero-order valence-electron chi connectivity index (χ0n) is 9.87. The Bertz CT molecular complexity index is 172. The smallest absolute Gasteiger partial charge is 0.0599 e. The molecule has 2 saturated heterocycles. The number of hydrogen-bond acceptors (Lipinski definition) is 3. The summed E-state index contributed by atoms with van der Waals surface area (Å²) in [5.74, 6) is 0. The summed E-state index contributed by atoms with van der Waals surface area (Å²) in [5, 5.41) is 3.57. The van der Waals surface area contributed by atoms with Crippen LogP contribution in [-0.2, 0) is 4.74 Å². The van der Waals surface area contributed by atoms with Gasteiger partial charge in [-0.1, -0.05) is 0 Å². The van der Waals surface area contributed by atoms with Gasteiger partial charge in [0.15, 0.2) is 0 Å². The van der Waals surface area contributed by atoms with Crippen LogP contribution in [0.25, 0.3) is 0 Å². The molecule has 2 fully saturated rings. The zero-order valence-corrected chi connectivity index (χ0v) is 9.87. The van der Waals surface area contributed by atoms with E-state index >= 15 is 0 Å². The van der Waals surface area contributed by atoms with Crippen LogP contribution < -0.4 is 5.32 Å². The Morgan fingerprint density at radius 3 is 2.67 bits per heavy atom. The van der Waals surface area contributed by atoms with Crippen molar-refractivity contribution >= 4 is 0 Å².